The summed E-state index contributed by atoms with van der Waals surface area (Å²) in [6, 6.07) is 6.33. The van der Waals surface area contributed by atoms with Gasteiger partial charge in [-0.1, -0.05) is 24.3 Å². The van der Waals surface area contributed by atoms with E-state index in [-0.39, 0.29) is 30.8 Å². The third kappa shape index (κ3) is 9.31. The molecule has 3 aromatic rings. The number of benzene rings is 2. The molecule has 0 radical (unpaired) electrons. The minimum absolute atomic E-state index is 0.00615. The highest BCUT2D eigenvalue weighted by atomic mass is 16.4. The summed E-state index contributed by atoms with van der Waals surface area (Å²) in [5, 5.41) is 46.5. The van der Waals surface area contributed by atoms with Crippen LogP contribution in [0.4, 0.5) is 0 Å². The van der Waals surface area contributed by atoms with E-state index in [1.165, 1.54) is 68.0 Å². The van der Waals surface area contributed by atoms with Crippen molar-refractivity contribution in [2.24, 2.45) is 5.73 Å². The Kier molecular flexibility index (Phi) is 11.0. The van der Waals surface area contributed by atoms with E-state index in [2.05, 4.69) is 25.9 Å². The van der Waals surface area contributed by atoms with Crippen LogP contribution >= 0.6 is 0 Å². The Morgan fingerprint density at radius 1 is 0.810 bits per heavy atom. The van der Waals surface area contributed by atoms with E-state index in [1.807, 2.05) is 0 Å². The van der Waals surface area contributed by atoms with Gasteiger partial charge >= 0.3 is 5.97 Å². The highest BCUT2D eigenvalue weighted by Gasteiger charge is 2.32. The van der Waals surface area contributed by atoms with E-state index in [1.54, 1.807) is 0 Å². The number of amides is 3. The number of nitrogens with one attached hydrogen (secondary N) is 4. The lowest BCUT2D eigenvalue weighted by Crippen LogP contribution is -2.60. The van der Waals surface area contributed by atoms with Gasteiger partial charge in [0.25, 0.3) is 0 Å². The van der Waals surface area contributed by atoms with Crippen molar-refractivity contribution < 1.29 is 39.6 Å². The molecule has 2 aromatic carbocycles. The Hall–Kier alpha value is -4.95. The van der Waals surface area contributed by atoms with Gasteiger partial charge in [-0.3, -0.25) is 14.4 Å². The first-order chi connectivity index (χ1) is 19.9. The lowest BCUT2D eigenvalue weighted by molar-refractivity contribution is -0.142. The molecular formula is C28H34N6O8. The minimum atomic E-state index is -1.49. The Morgan fingerprint density at radius 2 is 1.33 bits per heavy atom. The summed E-state index contributed by atoms with van der Waals surface area (Å²) >= 11 is 0. The van der Waals surface area contributed by atoms with Crippen LogP contribution in [-0.2, 0) is 38.4 Å². The summed E-state index contributed by atoms with van der Waals surface area (Å²) in [5.41, 5.74) is 7.59. The normalized spacial score (nSPS) is 14.5. The molecule has 0 aliphatic heterocycles. The van der Waals surface area contributed by atoms with Gasteiger partial charge in [0.15, 0.2) is 0 Å². The van der Waals surface area contributed by atoms with Crippen molar-refractivity contribution >= 4 is 23.7 Å². The number of aromatic nitrogens is 2. The van der Waals surface area contributed by atoms with Crippen LogP contribution in [0.3, 0.4) is 0 Å². The highest BCUT2D eigenvalue weighted by Crippen LogP contribution is 2.14. The van der Waals surface area contributed by atoms with Crippen LogP contribution in [0.15, 0.2) is 61.1 Å². The number of rotatable bonds is 14. The molecule has 3 amide bonds. The van der Waals surface area contributed by atoms with Crippen molar-refractivity contribution in [3.63, 3.8) is 0 Å². The molecule has 0 fully saturated rings. The van der Waals surface area contributed by atoms with E-state index in [4.69, 9.17) is 5.73 Å². The molecule has 10 N–H and O–H groups in total. The number of nitrogens with zero attached hydrogens (tertiary/aromatic N) is 1. The number of carbonyl (C=O) groups excluding carboxylic acids is 3. The summed E-state index contributed by atoms with van der Waals surface area (Å²) < 4.78 is 0. The third-order valence-electron chi connectivity index (χ3n) is 6.39. The van der Waals surface area contributed by atoms with E-state index < -0.39 is 54.0 Å². The van der Waals surface area contributed by atoms with Gasteiger partial charge in [-0.05, 0) is 42.3 Å². The number of nitrogens with two attached hydrogens (primary N) is 1. The maximum Gasteiger partial charge on any atom is 0.326 e. The number of carbonyl (C=O) groups is 4. The van der Waals surface area contributed by atoms with Crippen molar-refractivity contribution in [2.75, 3.05) is 0 Å². The molecule has 0 saturated heterocycles. The maximum atomic E-state index is 13.4. The lowest BCUT2D eigenvalue weighted by atomic mass is 10.0. The second kappa shape index (κ2) is 14.6. The lowest BCUT2D eigenvalue weighted by Gasteiger charge is -2.26. The highest BCUT2D eigenvalue weighted by molar-refractivity contribution is 5.94. The van der Waals surface area contributed by atoms with Crippen molar-refractivity contribution in [3.05, 3.63) is 77.9 Å². The summed E-state index contributed by atoms with van der Waals surface area (Å²) in [5.74, 6) is -3.83. The third-order valence-corrected chi connectivity index (χ3v) is 6.39. The van der Waals surface area contributed by atoms with Crippen LogP contribution in [0.1, 0.15) is 23.7 Å². The molecule has 5 unspecified atom stereocenters. The maximum absolute atomic E-state index is 13.4. The standard InChI is InChI=1S/C28H34N6O8/c1-15(35)24(34-25(38)21(29)12-18-13-30-14-31-18)27(40)32-22(10-16-2-6-19(36)7-3-16)26(39)33-23(28(41)42)11-17-4-8-20(37)9-5-17/h2-9,13-15,21-24,35-37H,10-12,29H2,1H3,(H,30,31)(H,32,40)(H,33,39)(H,34,38)(H,41,42). The Morgan fingerprint density at radius 3 is 1.81 bits per heavy atom. The molecule has 0 aliphatic rings. The topological polar surface area (TPSA) is 240 Å². The smallest absolute Gasteiger partial charge is 0.326 e. The number of phenolic OH excluding ortho intramolecular Hbond substituents is 2. The molecule has 1 heterocycles. The summed E-state index contributed by atoms with van der Waals surface area (Å²) in [6.07, 6.45) is 1.40. The van der Waals surface area contributed by atoms with E-state index >= 15 is 0 Å². The molecule has 0 aliphatic carbocycles. The molecule has 42 heavy (non-hydrogen) atoms. The van der Waals surface area contributed by atoms with Crippen LogP contribution < -0.4 is 21.7 Å². The number of H-pyrrole nitrogens is 1. The van der Waals surface area contributed by atoms with E-state index in [9.17, 15) is 39.6 Å². The van der Waals surface area contributed by atoms with Gasteiger partial charge < -0.3 is 47.1 Å². The summed E-state index contributed by atoms with van der Waals surface area (Å²) in [7, 11) is 0. The molecule has 5 atom stereocenters. The van der Waals surface area contributed by atoms with E-state index in [0.717, 1.165) is 0 Å². The van der Waals surface area contributed by atoms with Gasteiger partial charge in [0.05, 0.1) is 18.5 Å². The number of aromatic hydroxyl groups is 2. The van der Waals surface area contributed by atoms with Gasteiger partial charge in [0, 0.05) is 31.2 Å². The van der Waals surface area contributed by atoms with Crippen LogP contribution in [0.2, 0.25) is 0 Å². The van der Waals surface area contributed by atoms with Crippen LogP contribution in [0.5, 0.6) is 11.5 Å². The van der Waals surface area contributed by atoms with Crippen molar-refractivity contribution in [1.29, 1.82) is 0 Å². The number of aromatic amines is 1. The van der Waals surface area contributed by atoms with Gasteiger partial charge in [0.1, 0.15) is 29.6 Å². The molecule has 14 heteroatoms. The SMILES string of the molecule is CC(O)C(NC(=O)C(N)Cc1cnc[nH]1)C(=O)NC(Cc1ccc(O)cc1)C(=O)NC(Cc1ccc(O)cc1)C(=O)O. The van der Waals surface area contributed by atoms with Crippen molar-refractivity contribution in [1.82, 2.24) is 25.9 Å². The number of carboxylic acids is 1. The Labute approximate surface area is 241 Å². The molecule has 0 saturated carbocycles. The van der Waals surface area contributed by atoms with Gasteiger partial charge in [-0.15, -0.1) is 0 Å². The Balaban J connectivity index is 1.77. The van der Waals surface area contributed by atoms with Crippen LogP contribution in [0, 0.1) is 0 Å². The summed E-state index contributed by atoms with van der Waals surface area (Å²) in [6.45, 7) is 1.28. The number of hydrogen-bond donors (Lipinski definition) is 9. The molecule has 1 aromatic heterocycles. The van der Waals surface area contributed by atoms with Crippen molar-refractivity contribution in [2.45, 2.75) is 56.5 Å². The minimum Gasteiger partial charge on any atom is -0.508 e. The number of aliphatic hydroxyl groups excluding tert-OH is 1. The summed E-state index contributed by atoms with van der Waals surface area (Å²) in [4.78, 5) is 57.9. The first-order valence-electron chi connectivity index (χ1n) is 13.0. The average molecular weight is 583 g/mol. The molecule has 3 rings (SSSR count). The Bertz CT molecular complexity index is 1350. The molecular weight excluding hydrogens is 548 g/mol. The fraction of sp³-hybridized carbons (Fsp3) is 0.321. The van der Waals surface area contributed by atoms with Crippen molar-refractivity contribution in [3.8, 4) is 11.5 Å². The monoisotopic (exact) mass is 582 g/mol. The van der Waals surface area contributed by atoms with Crippen LogP contribution in [-0.4, -0.2) is 84.4 Å². The van der Waals surface area contributed by atoms with E-state index in [0.29, 0.717) is 16.8 Å². The van der Waals surface area contributed by atoms with Crippen LogP contribution in [0.25, 0.3) is 0 Å². The second-order valence-electron chi connectivity index (χ2n) is 9.82. The average Bonchev–Trinajstić information content (AvgIpc) is 3.45. The number of carboxylic acid groups (broad SMARTS) is 1. The first-order valence-corrected chi connectivity index (χ1v) is 13.0. The molecule has 224 valence electrons. The molecule has 0 bridgehead atoms. The molecule has 0 spiro atoms. The second-order valence-corrected chi connectivity index (χ2v) is 9.82. The zero-order chi connectivity index (χ0) is 30.8. The van der Waals surface area contributed by atoms with Gasteiger partial charge in [0.2, 0.25) is 17.7 Å². The number of hydrogen-bond acceptors (Lipinski definition) is 9. The number of aliphatic hydroxyl groups is 1. The zero-order valence-corrected chi connectivity index (χ0v) is 22.7. The zero-order valence-electron chi connectivity index (χ0n) is 22.7. The molecule has 14 nitrogen and oxygen atoms in total. The largest absolute Gasteiger partial charge is 0.508 e. The predicted octanol–water partition coefficient (Wildman–Crippen LogP) is -0.904. The first kappa shape index (κ1) is 31.6. The fourth-order valence-electron chi connectivity index (χ4n) is 4.07. The van der Waals surface area contributed by atoms with Gasteiger partial charge in [-0.25, -0.2) is 9.78 Å². The number of imidazole rings is 1. The number of phenols is 2. The quantitative estimate of drug-likeness (QED) is 0.113. The fourth-order valence-corrected chi connectivity index (χ4v) is 4.07. The number of aliphatic carboxylic acids is 1. The predicted molar refractivity (Wildman–Crippen MR) is 149 cm³/mol. The van der Waals surface area contributed by atoms with Gasteiger partial charge in [-0.2, -0.15) is 0 Å².